The van der Waals surface area contributed by atoms with Crippen LogP contribution < -0.4 is 10.9 Å². The molecular weight excluding hydrogens is 334 g/mol. The Morgan fingerprint density at radius 3 is 2.62 bits per heavy atom. The molecule has 1 aromatic heterocycles. The lowest BCUT2D eigenvalue weighted by Gasteiger charge is -2.35. The first-order valence-electron chi connectivity index (χ1n) is 8.82. The van der Waals surface area contributed by atoms with Gasteiger partial charge in [-0.2, -0.15) is 0 Å². The van der Waals surface area contributed by atoms with E-state index in [1.165, 1.54) is 11.7 Å². The molecule has 1 heterocycles. The summed E-state index contributed by atoms with van der Waals surface area (Å²) in [6, 6.07) is 7.03. The molecule has 1 amide bonds. The summed E-state index contributed by atoms with van der Waals surface area (Å²) in [5, 5.41) is 3.30. The van der Waals surface area contributed by atoms with Crippen LogP contribution in [0.1, 0.15) is 37.9 Å². The monoisotopic (exact) mass is 357 g/mol. The number of nitrogens with one attached hydrogen (secondary N) is 1. The van der Waals surface area contributed by atoms with Crippen molar-refractivity contribution in [3.8, 4) is 0 Å². The molecule has 0 radical (unpaired) electrons. The minimum absolute atomic E-state index is 0.179. The Bertz CT molecular complexity index is 897. The van der Waals surface area contributed by atoms with Gasteiger partial charge in [0.15, 0.2) is 0 Å². The lowest BCUT2D eigenvalue weighted by atomic mass is 9.81. The van der Waals surface area contributed by atoms with Crippen LogP contribution in [0, 0.1) is 6.92 Å². The molecule has 0 saturated heterocycles. The summed E-state index contributed by atoms with van der Waals surface area (Å²) in [5.41, 5.74) is -0.657. The first-order valence-corrected chi connectivity index (χ1v) is 8.82. The largest absolute Gasteiger partial charge is 0.467 e. The van der Waals surface area contributed by atoms with Crippen molar-refractivity contribution in [1.82, 2.24) is 14.9 Å². The van der Waals surface area contributed by atoms with Gasteiger partial charge in [0.2, 0.25) is 5.91 Å². The molecule has 26 heavy (non-hydrogen) atoms. The molecule has 0 unspecified atom stereocenters. The molecule has 0 aliphatic heterocycles. The van der Waals surface area contributed by atoms with Crippen LogP contribution in [0.2, 0.25) is 0 Å². The van der Waals surface area contributed by atoms with Crippen molar-refractivity contribution < 1.29 is 14.3 Å². The molecule has 0 bridgehead atoms. The number of rotatable bonds is 4. The summed E-state index contributed by atoms with van der Waals surface area (Å²) in [7, 11) is 1.33. The number of hydrogen-bond acceptors (Lipinski definition) is 5. The lowest BCUT2D eigenvalue weighted by molar-refractivity contribution is -0.152. The van der Waals surface area contributed by atoms with Crippen LogP contribution in [0.5, 0.6) is 0 Å². The van der Waals surface area contributed by atoms with Gasteiger partial charge in [0.05, 0.1) is 18.0 Å². The Morgan fingerprint density at radius 2 is 1.92 bits per heavy atom. The van der Waals surface area contributed by atoms with Gasteiger partial charge < -0.3 is 10.1 Å². The van der Waals surface area contributed by atoms with Crippen LogP contribution >= 0.6 is 0 Å². The normalized spacial score (nSPS) is 16.2. The number of carbonyl (C=O) groups excluding carboxylic acids is 2. The van der Waals surface area contributed by atoms with Crippen molar-refractivity contribution in [2.75, 3.05) is 7.11 Å². The van der Waals surface area contributed by atoms with E-state index in [-0.39, 0.29) is 18.0 Å². The summed E-state index contributed by atoms with van der Waals surface area (Å²) < 4.78 is 6.25. The fraction of sp³-hybridized carbons (Fsp3) is 0.474. The Labute approximate surface area is 151 Å². The quantitative estimate of drug-likeness (QED) is 0.841. The number of nitrogens with zero attached hydrogens (tertiary/aromatic N) is 2. The average molecular weight is 357 g/mol. The van der Waals surface area contributed by atoms with Crippen LogP contribution in [-0.2, 0) is 20.9 Å². The Balaban J connectivity index is 1.87. The van der Waals surface area contributed by atoms with Gasteiger partial charge in [-0.25, -0.2) is 9.78 Å². The van der Waals surface area contributed by atoms with Gasteiger partial charge in [-0.3, -0.25) is 14.2 Å². The predicted molar refractivity (Wildman–Crippen MR) is 96.7 cm³/mol. The van der Waals surface area contributed by atoms with Crippen molar-refractivity contribution >= 4 is 22.8 Å². The number of hydrogen-bond donors (Lipinski definition) is 1. The van der Waals surface area contributed by atoms with Gasteiger partial charge in [-0.05, 0) is 31.9 Å². The molecule has 0 atom stereocenters. The highest BCUT2D eigenvalue weighted by Gasteiger charge is 2.42. The third-order valence-corrected chi connectivity index (χ3v) is 5.02. The lowest BCUT2D eigenvalue weighted by Crippen LogP contribution is -2.57. The molecule has 1 saturated carbocycles. The van der Waals surface area contributed by atoms with Crippen molar-refractivity contribution in [2.24, 2.45) is 0 Å². The zero-order valence-electron chi connectivity index (χ0n) is 15.1. The summed E-state index contributed by atoms with van der Waals surface area (Å²) in [5.74, 6) is -0.356. The molecular formula is C19H23N3O4. The van der Waals surface area contributed by atoms with Gasteiger partial charge in [-0.1, -0.05) is 31.4 Å². The van der Waals surface area contributed by atoms with Crippen molar-refractivity contribution in [3.63, 3.8) is 0 Å². The average Bonchev–Trinajstić information content (AvgIpc) is 2.65. The highest BCUT2D eigenvalue weighted by Crippen LogP contribution is 2.29. The highest BCUT2D eigenvalue weighted by molar-refractivity contribution is 5.88. The second kappa shape index (κ2) is 7.27. The second-order valence-corrected chi connectivity index (χ2v) is 6.75. The fourth-order valence-electron chi connectivity index (χ4n) is 3.65. The van der Waals surface area contributed by atoms with Gasteiger partial charge in [0, 0.05) is 0 Å². The number of ether oxygens (including phenoxy) is 1. The van der Waals surface area contributed by atoms with Crippen LogP contribution in [-0.4, -0.2) is 34.1 Å². The molecule has 3 rings (SSSR count). The summed E-state index contributed by atoms with van der Waals surface area (Å²) in [6.45, 7) is 1.51. The fourth-order valence-corrected chi connectivity index (χ4v) is 3.65. The topological polar surface area (TPSA) is 90.3 Å². The van der Waals surface area contributed by atoms with E-state index >= 15 is 0 Å². The molecule has 7 nitrogen and oxygen atoms in total. The maximum Gasteiger partial charge on any atom is 0.331 e. The van der Waals surface area contributed by atoms with E-state index in [9.17, 15) is 14.4 Å². The molecule has 1 N–H and O–H groups in total. The number of aromatic nitrogens is 2. The minimum Gasteiger partial charge on any atom is -0.467 e. The van der Waals surface area contributed by atoms with E-state index in [1.54, 1.807) is 25.1 Å². The number of amides is 1. The zero-order chi connectivity index (χ0) is 18.7. The van der Waals surface area contributed by atoms with Gasteiger partial charge in [0.1, 0.15) is 17.9 Å². The molecule has 138 valence electrons. The molecule has 1 aliphatic carbocycles. The Kier molecular flexibility index (Phi) is 5.06. The molecule has 0 spiro atoms. The Hall–Kier alpha value is -2.70. The molecule has 1 aromatic carbocycles. The van der Waals surface area contributed by atoms with Gasteiger partial charge in [-0.15, -0.1) is 0 Å². The number of esters is 1. The number of carbonyl (C=O) groups is 2. The van der Waals surface area contributed by atoms with E-state index in [0.717, 1.165) is 19.3 Å². The summed E-state index contributed by atoms with van der Waals surface area (Å²) in [4.78, 5) is 42.0. The van der Waals surface area contributed by atoms with Gasteiger partial charge >= 0.3 is 5.97 Å². The van der Waals surface area contributed by atoms with Crippen molar-refractivity contribution in [3.05, 3.63) is 40.4 Å². The second-order valence-electron chi connectivity index (χ2n) is 6.75. The van der Waals surface area contributed by atoms with E-state index in [0.29, 0.717) is 29.6 Å². The third-order valence-electron chi connectivity index (χ3n) is 5.02. The molecule has 1 fully saturated rings. The molecule has 2 aromatic rings. The van der Waals surface area contributed by atoms with E-state index < -0.39 is 11.5 Å². The first-order chi connectivity index (χ1) is 12.5. The van der Waals surface area contributed by atoms with Crippen LogP contribution in [0.15, 0.2) is 29.1 Å². The highest BCUT2D eigenvalue weighted by atomic mass is 16.5. The maximum atomic E-state index is 12.7. The van der Waals surface area contributed by atoms with Crippen LogP contribution in [0.3, 0.4) is 0 Å². The smallest absolute Gasteiger partial charge is 0.331 e. The number of fused-ring (bicyclic) bond motifs is 1. The number of aryl methyl sites for hydroxylation is 1. The zero-order valence-corrected chi connectivity index (χ0v) is 15.1. The predicted octanol–water partition coefficient (Wildman–Crippen LogP) is 1.70. The third kappa shape index (κ3) is 3.34. The SMILES string of the molecule is COC(=O)C1(NC(=O)Cn2c(C)nc3ccccc3c2=O)CCCCC1. The Morgan fingerprint density at radius 1 is 1.23 bits per heavy atom. The number of methoxy groups -OCH3 is 1. The standard InChI is InChI=1S/C19H23N3O4/c1-13-20-15-9-5-4-8-14(15)17(24)22(13)12-16(23)21-19(18(25)26-2)10-6-3-7-11-19/h4-5,8-9H,3,6-7,10-12H2,1-2H3,(H,21,23). The van der Waals surface area contributed by atoms with E-state index in [2.05, 4.69) is 10.3 Å². The van der Waals surface area contributed by atoms with Gasteiger partial charge in [0.25, 0.3) is 5.56 Å². The maximum absolute atomic E-state index is 12.7. The minimum atomic E-state index is -0.994. The molecule has 1 aliphatic rings. The van der Waals surface area contributed by atoms with Crippen LogP contribution in [0.25, 0.3) is 10.9 Å². The number of para-hydroxylation sites is 1. The first kappa shape index (κ1) is 18.1. The van der Waals surface area contributed by atoms with E-state index in [1.807, 2.05) is 6.07 Å². The van der Waals surface area contributed by atoms with Crippen molar-refractivity contribution in [1.29, 1.82) is 0 Å². The summed E-state index contributed by atoms with van der Waals surface area (Å²) in [6.07, 6.45) is 3.84. The van der Waals surface area contributed by atoms with E-state index in [4.69, 9.17) is 4.74 Å². The number of benzene rings is 1. The van der Waals surface area contributed by atoms with Crippen molar-refractivity contribution in [2.45, 2.75) is 51.1 Å². The van der Waals surface area contributed by atoms with Crippen LogP contribution in [0.4, 0.5) is 0 Å². The summed E-state index contributed by atoms with van der Waals surface area (Å²) >= 11 is 0. The molecule has 7 heteroatoms.